The largest absolute Gasteiger partial charge is 0.348 e. The molecule has 0 unspecified atom stereocenters. The molecule has 1 N–H and O–H groups in total. The number of aromatic nitrogens is 1. The zero-order chi connectivity index (χ0) is 14.9. The van der Waals surface area contributed by atoms with Gasteiger partial charge in [-0.25, -0.2) is 8.42 Å². The number of benzene rings is 1. The molecule has 21 heavy (non-hydrogen) atoms. The summed E-state index contributed by atoms with van der Waals surface area (Å²) in [5.41, 5.74) is 1.08. The summed E-state index contributed by atoms with van der Waals surface area (Å²) in [6, 6.07) is 7.39. The van der Waals surface area contributed by atoms with Gasteiger partial charge in [-0.2, -0.15) is 4.31 Å². The standard InChI is InChI=1S/C15H21N3O2S/c1-2-17-10-6-13-12-14(4-5-15(13)17)21(19,20)18-9-3-7-16-8-11-18/h4-6,10,12,16H,2-3,7-9,11H2,1H3. The molecule has 1 aromatic carbocycles. The highest BCUT2D eigenvalue weighted by molar-refractivity contribution is 7.89. The topological polar surface area (TPSA) is 54.3 Å². The molecule has 0 saturated carbocycles. The molecular weight excluding hydrogens is 286 g/mol. The van der Waals surface area contributed by atoms with Crippen LogP contribution in [0.2, 0.25) is 0 Å². The van der Waals surface area contributed by atoms with Gasteiger partial charge in [-0.1, -0.05) is 0 Å². The molecule has 0 spiro atoms. The van der Waals surface area contributed by atoms with Crippen LogP contribution in [0.1, 0.15) is 13.3 Å². The molecule has 0 atom stereocenters. The molecule has 6 heteroatoms. The summed E-state index contributed by atoms with van der Waals surface area (Å²) in [4.78, 5) is 0.394. The Kier molecular flexibility index (Phi) is 4.01. The summed E-state index contributed by atoms with van der Waals surface area (Å²) in [6.45, 7) is 5.68. The minimum absolute atomic E-state index is 0.394. The minimum atomic E-state index is -3.39. The normalized spacial score (nSPS) is 18.0. The molecule has 0 amide bonds. The number of sulfonamides is 1. The maximum Gasteiger partial charge on any atom is 0.243 e. The zero-order valence-electron chi connectivity index (χ0n) is 12.2. The van der Waals surface area contributed by atoms with Gasteiger partial charge in [0.1, 0.15) is 0 Å². The lowest BCUT2D eigenvalue weighted by Crippen LogP contribution is -2.34. The quantitative estimate of drug-likeness (QED) is 0.938. The molecule has 5 nitrogen and oxygen atoms in total. The van der Waals surface area contributed by atoms with Crippen LogP contribution in [0.15, 0.2) is 35.4 Å². The fraction of sp³-hybridized carbons (Fsp3) is 0.467. The highest BCUT2D eigenvalue weighted by Crippen LogP contribution is 2.23. The highest BCUT2D eigenvalue weighted by atomic mass is 32.2. The van der Waals surface area contributed by atoms with Crippen molar-refractivity contribution < 1.29 is 8.42 Å². The Balaban J connectivity index is 1.98. The predicted molar refractivity (Wildman–Crippen MR) is 83.9 cm³/mol. The fourth-order valence-electron chi connectivity index (χ4n) is 2.82. The van der Waals surface area contributed by atoms with Crippen molar-refractivity contribution >= 4 is 20.9 Å². The monoisotopic (exact) mass is 307 g/mol. The van der Waals surface area contributed by atoms with Gasteiger partial charge in [0.15, 0.2) is 0 Å². The van der Waals surface area contributed by atoms with E-state index in [1.807, 2.05) is 18.3 Å². The van der Waals surface area contributed by atoms with Crippen LogP contribution in [-0.4, -0.2) is 43.5 Å². The number of nitrogens with one attached hydrogen (secondary N) is 1. The van der Waals surface area contributed by atoms with E-state index in [1.54, 1.807) is 16.4 Å². The van der Waals surface area contributed by atoms with E-state index in [-0.39, 0.29) is 0 Å². The molecule has 2 heterocycles. The van der Waals surface area contributed by atoms with Crippen molar-refractivity contribution in [3.63, 3.8) is 0 Å². The lowest BCUT2D eigenvalue weighted by molar-refractivity contribution is 0.432. The molecular formula is C15H21N3O2S. The first-order valence-corrected chi connectivity index (χ1v) is 8.86. The average Bonchev–Trinajstić information content (AvgIpc) is 2.70. The molecule has 1 aromatic heterocycles. The van der Waals surface area contributed by atoms with E-state index in [9.17, 15) is 8.42 Å². The molecule has 3 rings (SSSR count). The molecule has 114 valence electrons. The number of nitrogens with zero attached hydrogens (tertiary/aromatic N) is 2. The van der Waals surface area contributed by atoms with Crippen molar-refractivity contribution in [2.75, 3.05) is 26.2 Å². The van der Waals surface area contributed by atoms with Gasteiger partial charge in [0.25, 0.3) is 0 Å². The summed E-state index contributed by atoms with van der Waals surface area (Å²) in [6.07, 6.45) is 2.85. The molecule has 0 bridgehead atoms. The van der Waals surface area contributed by atoms with Crippen LogP contribution in [0.3, 0.4) is 0 Å². The maximum absolute atomic E-state index is 12.8. The summed E-state index contributed by atoms with van der Waals surface area (Å²) >= 11 is 0. The van der Waals surface area contributed by atoms with E-state index in [0.717, 1.165) is 30.4 Å². The Labute approximate surface area is 125 Å². The van der Waals surface area contributed by atoms with Crippen LogP contribution in [-0.2, 0) is 16.6 Å². The van der Waals surface area contributed by atoms with Crippen molar-refractivity contribution in [1.82, 2.24) is 14.2 Å². The fourth-order valence-corrected chi connectivity index (χ4v) is 4.34. The molecule has 1 saturated heterocycles. The molecule has 0 aliphatic carbocycles. The van der Waals surface area contributed by atoms with Crippen LogP contribution < -0.4 is 5.32 Å². The highest BCUT2D eigenvalue weighted by Gasteiger charge is 2.25. The SMILES string of the molecule is CCn1ccc2cc(S(=O)(=O)N3CCCNCC3)ccc21. The van der Waals surface area contributed by atoms with Gasteiger partial charge in [0, 0.05) is 43.3 Å². The summed E-state index contributed by atoms with van der Waals surface area (Å²) in [7, 11) is -3.39. The first kappa shape index (κ1) is 14.6. The van der Waals surface area contributed by atoms with E-state index in [2.05, 4.69) is 16.8 Å². The number of fused-ring (bicyclic) bond motifs is 1. The third-order valence-corrected chi connectivity index (χ3v) is 5.91. The van der Waals surface area contributed by atoms with Crippen LogP contribution in [0.25, 0.3) is 10.9 Å². The minimum Gasteiger partial charge on any atom is -0.348 e. The smallest absolute Gasteiger partial charge is 0.243 e. The Hall–Kier alpha value is -1.37. The second kappa shape index (κ2) is 5.79. The lowest BCUT2D eigenvalue weighted by Gasteiger charge is -2.19. The van der Waals surface area contributed by atoms with Crippen LogP contribution in [0.4, 0.5) is 0 Å². The van der Waals surface area contributed by atoms with Gasteiger partial charge < -0.3 is 9.88 Å². The number of rotatable bonds is 3. The van der Waals surface area contributed by atoms with E-state index in [1.165, 1.54) is 0 Å². The lowest BCUT2D eigenvalue weighted by atomic mass is 10.2. The summed E-state index contributed by atoms with van der Waals surface area (Å²) < 4.78 is 29.2. The van der Waals surface area contributed by atoms with Crippen molar-refractivity contribution in [3.8, 4) is 0 Å². The van der Waals surface area contributed by atoms with Gasteiger partial charge in [-0.3, -0.25) is 0 Å². The molecule has 2 aromatic rings. The van der Waals surface area contributed by atoms with E-state index < -0.39 is 10.0 Å². The van der Waals surface area contributed by atoms with E-state index in [0.29, 0.717) is 24.5 Å². The van der Waals surface area contributed by atoms with Gasteiger partial charge in [0.05, 0.1) is 4.90 Å². The third kappa shape index (κ3) is 2.71. The molecule has 1 fully saturated rings. The van der Waals surface area contributed by atoms with Gasteiger partial charge in [0.2, 0.25) is 10.0 Å². The molecule has 1 aliphatic rings. The predicted octanol–water partition coefficient (Wildman–Crippen LogP) is 1.65. The Morgan fingerprint density at radius 2 is 2.05 bits per heavy atom. The molecule has 0 radical (unpaired) electrons. The van der Waals surface area contributed by atoms with Crippen LogP contribution in [0, 0.1) is 0 Å². The summed E-state index contributed by atoms with van der Waals surface area (Å²) in [5, 5.41) is 4.21. The third-order valence-electron chi connectivity index (χ3n) is 4.02. The Morgan fingerprint density at radius 1 is 1.19 bits per heavy atom. The Morgan fingerprint density at radius 3 is 2.86 bits per heavy atom. The Bertz CT molecular complexity index is 728. The van der Waals surface area contributed by atoms with Crippen molar-refractivity contribution in [2.45, 2.75) is 24.8 Å². The van der Waals surface area contributed by atoms with Gasteiger partial charge >= 0.3 is 0 Å². The van der Waals surface area contributed by atoms with Gasteiger partial charge in [-0.15, -0.1) is 0 Å². The zero-order valence-corrected chi connectivity index (χ0v) is 13.1. The first-order chi connectivity index (χ1) is 10.1. The van der Waals surface area contributed by atoms with Crippen molar-refractivity contribution in [2.24, 2.45) is 0 Å². The van der Waals surface area contributed by atoms with Crippen LogP contribution >= 0.6 is 0 Å². The van der Waals surface area contributed by atoms with Crippen LogP contribution in [0.5, 0.6) is 0 Å². The van der Waals surface area contributed by atoms with E-state index in [4.69, 9.17) is 0 Å². The van der Waals surface area contributed by atoms with E-state index >= 15 is 0 Å². The maximum atomic E-state index is 12.8. The van der Waals surface area contributed by atoms with Crippen molar-refractivity contribution in [1.29, 1.82) is 0 Å². The van der Waals surface area contributed by atoms with Gasteiger partial charge in [-0.05, 0) is 44.2 Å². The number of hydrogen-bond donors (Lipinski definition) is 1. The molecule has 1 aliphatic heterocycles. The second-order valence-electron chi connectivity index (χ2n) is 5.33. The first-order valence-electron chi connectivity index (χ1n) is 7.42. The van der Waals surface area contributed by atoms with Crippen molar-refractivity contribution in [3.05, 3.63) is 30.5 Å². The average molecular weight is 307 g/mol. The second-order valence-corrected chi connectivity index (χ2v) is 7.27. The summed E-state index contributed by atoms with van der Waals surface area (Å²) in [5.74, 6) is 0. The number of hydrogen-bond acceptors (Lipinski definition) is 3. The number of aryl methyl sites for hydroxylation is 1.